The lowest BCUT2D eigenvalue weighted by Crippen LogP contribution is -2.27. The summed E-state index contributed by atoms with van der Waals surface area (Å²) in [5.41, 5.74) is 0.293. The molecule has 0 aromatic heterocycles. The summed E-state index contributed by atoms with van der Waals surface area (Å²) in [6.07, 6.45) is 5.11. The van der Waals surface area contributed by atoms with Gasteiger partial charge < -0.3 is 9.47 Å². The van der Waals surface area contributed by atoms with Crippen molar-refractivity contribution in [3.8, 4) is 11.5 Å². The molecule has 0 unspecified atom stereocenters. The molecule has 1 fully saturated rings. The molecule has 0 radical (unpaired) electrons. The second-order valence-corrected chi connectivity index (χ2v) is 5.37. The molecule has 18 heavy (non-hydrogen) atoms. The SMILES string of the molecule is CCOc1ccc(OCC2(CS)CCCC2)cc1. The molecule has 1 aliphatic carbocycles. The third-order valence-corrected chi connectivity index (χ3v) is 4.35. The van der Waals surface area contributed by atoms with Crippen LogP contribution in [0.2, 0.25) is 0 Å². The van der Waals surface area contributed by atoms with Crippen LogP contribution in [-0.4, -0.2) is 19.0 Å². The summed E-state index contributed by atoms with van der Waals surface area (Å²) in [5, 5.41) is 0. The lowest BCUT2D eigenvalue weighted by molar-refractivity contribution is 0.173. The maximum atomic E-state index is 5.91. The molecule has 0 spiro atoms. The lowest BCUT2D eigenvalue weighted by atomic mass is 9.90. The van der Waals surface area contributed by atoms with E-state index >= 15 is 0 Å². The van der Waals surface area contributed by atoms with Crippen molar-refractivity contribution in [1.82, 2.24) is 0 Å². The van der Waals surface area contributed by atoms with E-state index in [0.717, 1.165) is 23.9 Å². The third kappa shape index (κ3) is 3.35. The average molecular weight is 266 g/mol. The van der Waals surface area contributed by atoms with Gasteiger partial charge in [0.2, 0.25) is 0 Å². The fraction of sp³-hybridized carbons (Fsp3) is 0.600. The first kappa shape index (κ1) is 13.6. The number of thiol groups is 1. The highest BCUT2D eigenvalue weighted by Crippen LogP contribution is 2.39. The molecular formula is C15H22O2S. The summed E-state index contributed by atoms with van der Waals surface area (Å²) in [5.74, 6) is 2.74. The van der Waals surface area contributed by atoms with Gasteiger partial charge in [0.15, 0.2) is 0 Å². The monoisotopic (exact) mass is 266 g/mol. The second kappa shape index (κ2) is 6.37. The fourth-order valence-corrected chi connectivity index (χ4v) is 2.92. The highest BCUT2D eigenvalue weighted by Gasteiger charge is 2.33. The van der Waals surface area contributed by atoms with Crippen LogP contribution in [0.3, 0.4) is 0 Å². The highest BCUT2D eigenvalue weighted by molar-refractivity contribution is 7.80. The van der Waals surface area contributed by atoms with E-state index in [-0.39, 0.29) is 0 Å². The van der Waals surface area contributed by atoms with Crippen LogP contribution in [0.15, 0.2) is 24.3 Å². The normalized spacial score (nSPS) is 17.7. The molecule has 0 bridgehead atoms. The quantitative estimate of drug-likeness (QED) is 0.786. The van der Waals surface area contributed by atoms with Gasteiger partial charge in [-0.15, -0.1) is 0 Å². The predicted molar refractivity (Wildman–Crippen MR) is 77.9 cm³/mol. The smallest absolute Gasteiger partial charge is 0.119 e. The van der Waals surface area contributed by atoms with Crippen molar-refractivity contribution >= 4 is 12.6 Å². The van der Waals surface area contributed by atoms with Gasteiger partial charge in [-0.1, -0.05) is 12.8 Å². The van der Waals surface area contributed by atoms with Crippen LogP contribution in [0.5, 0.6) is 11.5 Å². The van der Waals surface area contributed by atoms with Crippen LogP contribution >= 0.6 is 12.6 Å². The Bertz CT molecular complexity index is 355. The zero-order valence-electron chi connectivity index (χ0n) is 11.0. The van der Waals surface area contributed by atoms with E-state index in [1.165, 1.54) is 25.7 Å². The average Bonchev–Trinajstić information content (AvgIpc) is 2.88. The Morgan fingerprint density at radius 2 is 1.61 bits per heavy atom. The minimum atomic E-state index is 0.293. The maximum Gasteiger partial charge on any atom is 0.119 e. The van der Waals surface area contributed by atoms with Crippen LogP contribution in [0, 0.1) is 5.41 Å². The van der Waals surface area contributed by atoms with Gasteiger partial charge in [0.25, 0.3) is 0 Å². The molecule has 0 saturated heterocycles. The molecule has 0 atom stereocenters. The number of hydrogen-bond donors (Lipinski definition) is 1. The van der Waals surface area contributed by atoms with Crippen LogP contribution in [0.4, 0.5) is 0 Å². The zero-order chi connectivity index (χ0) is 12.8. The minimum Gasteiger partial charge on any atom is -0.494 e. The Labute approximate surface area is 115 Å². The predicted octanol–water partition coefficient (Wildman–Crippen LogP) is 3.95. The van der Waals surface area contributed by atoms with Gasteiger partial charge in [0.1, 0.15) is 11.5 Å². The lowest BCUT2D eigenvalue weighted by Gasteiger charge is -2.26. The summed E-state index contributed by atoms with van der Waals surface area (Å²) >= 11 is 4.49. The van der Waals surface area contributed by atoms with Crippen LogP contribution in [0.1, 0.15) is 32.6 Å². The fourth-order valence-electron chi connectivity index (χ4n) is 2.51. The first-order valence-corrected chi connectivity index (χ1v) is 7.38. The van der Waals surface area contributed by atoms with Crippen molar-refractivity contribution in [3.05, 3.63) is 24.3 Å². The molecule has 100 valence electrons. The first-order valence-electron chi connectivity index (χ1n) is 6.74. The number of rotatable bonds is 6. The molecule has 2 nitrogen and oxygen atoms in total. The molecule has 1 aromatic carbocycles. The van der Waals surface area contributed by atoms with Crippen molar-refractivity contribution in [3.63, 3.8) is 0 Å². The summed E-state index contributed by atoms with van der Waals surface area (Å²) in [7, 11) is 0. The van der Waals surface area contributed by atoms with Crippen LogP contribution in [-0.2, 0) is 0 Å². The minimum absolute atomic E-state index is 0.293. The Balaban J connectivity index is 1.89. The van der Waals surface area contributed by atoms with Crippen LogP contribution in [0.25, 0.3) is 0 Å². The molecule has 1 aromatic rings. The molecule has 3 heteroatoms. The molecule has 0 amide bonds. The van der Waals surface area contributed by atoms with Gasteiger partial charge in [-0.25, -0.2) is 0 Å². The molecular weight excluding hydrogens is 244 g/mol. The van der Waals surface area contributed by atoms with Gasteiger partial charge >= 0.3 is 0 Å². The number of benzene rings is 1. The van der Waals surface area contributed by atoms with Gasteiger partial charge in [0, 0.05) is 5.41 Å². The Morgan fingerprint density at radius 1 is 1.06 bits per heavy atom. The molecule has 0 aliphatic heterocycles. The summed E-state index contributed by atoms with van der Waals surface area (Å²) in [6.45, 7) is 3.47. The Hall–Kier alpha value is -0.830. The molecule has 1 saturated carbocycles. The van der Waals surface area contributed by atoms with E-state index < -0.39 is 0 Å². The first-order chi connectivity index (χ1) is 8.78. The van der Waals surface area contributed by atoms with E-state index in [2.05, 4.69) is 12.6 Å². The molecule has 2 rings (SSSR count). The maximum absolute atomic E-state index is 5.91. The van der Waals surface area contributed by atoms with Gasteiger partial charge in [-0.3, -0.25) is 0 Å². The Morgan fingerprint density at radius 3 is 2.11 bits per heavy atom. The molecule has 1 aliphatic rings. The van der Waals surface area contributed by atoms with Crippen molar-refractivity contribution in [2.45, 2.75) is 32.6 Å². The number of ether oxygens (including phenoxy) is 2. The zero-order valence-corrected chi connectivity index (χ0v) is 11.9. The second-order valence-electron chi connectivity index (χ2n) is 5.06. The van der Waals surface area contributed by atoms with E-state index in [4.69, 9.17) is 9.47 Å². The van der Waals surface area contributed by atoms with E-state index in [9.17, 15) is 0 Å². The van der Waals surface area contributed by atoms with E-state index in [1.54, 1.807) is 0 Å². The van der Waals surface area contributed by atoms with Crippen molar-refractivity contribution in [2.75, 3.05) is 19.0 Å². The summed E-state index contributed by atoms with van der Waals surface area (Å²) in [4.78, 5) is 0. The standard InChI is InChI=1S/C15H22O2S/c1-2-16-13-5-7-14(8-6-13)17-11-15(12-18)9-3-4-10-15/h5-8,18H,2-4,9-12H2,1H3. The van der Waals surface area contributed by atoms with E-state index in [0.29, 0.717) is 12.0 Å². The molecule has 0 N–H and O–H groups in total. The van der Waals surface area contributed by atoms with Gasteiger partial charge in [-0.05, 0) is 49.8 Å². The van der Waals surface area contributed by atoms with Gasteiger partial charge in [0.05, 0.1) is 13.2 Å². The van der Waals surface area contributed by atoms with Gasteiger partial charge in [-0.2, -0.15) is 12.6 Å². The van der Waals surface area contributed by atoms with Crippen molar-refractivity contribution in [1.29, 1.82) is 0 Å². The van der Waals surface area contributed by atoms with E-state index in [1.807, 2.05) is 31.2 Å². The molecule has 0 heterocycles. The third-order valence-electron chi connectivity index (χ3n) is 3.68. The van der Waals surface area contributed by atoms with Crippen molar-refractivity contribution < 1.29 is 9.47 Å². The largest absolute Gasteiger partial charge is 0.494 e. The topological polar surface area (TPSA) is 18.5 Å². The summed E-state index contributed by atoms with van der Waals surface area (Å²) < 4.78 is 11.3. The van der Waals surface area contributed by atoms with Crippen LogP contribution < -0.4 is 9.47 Å². The number of hydrogen-bond acceptors (Lipinski definition) is 3. The van der Waals surface area contributed by atoms with Crippen molar-refractivity contribution in [2.24, 2.45) is 5.41 Å². The Kier molecular flexibility index (Phi) is 4.81. The highest BCUT2D eigenvalue weighted by atomic mass is 32.1. The summed E-state index contributed by atoms with van der Waals surface area (Å²) in [6, 6.07) is 7.88.